The summed E-state index contributed by atoms with van der Waals surface area (Å²) in [5.41, 5.74) is 0. The van der Waals surface area contributed by atoms with E-state index in [4.69, 9.17) is 16.3 Å². The van der Waals surface area contributed by atoms with Gasteiger partial charge in [-0.1, -0.05) is 13.3 Å². The summed E-state index contributed by atoms with van der Waals surface area (Å²) in [6.45, 7) is 2.11. The van der Waals surface area contributed by atoms with E-state index < -0.39 is 0 Å². The first kappa shape index (κ1) is 11.2. The lowest BCUT2D eigenvalue weighted by molar-refractivity contribution is 0.394. The molecule has 0 radical (unpaired) electrons. The van der Waals surface area contributed by atoms with Gasteiger partial charge in [0, 0.05) is 24.1 Å². The van der Waals surface area contributed by atoms with Crippen molar-refractivity contribution in [1.29, 1.82) is 0 Å². The second-order valence-electron chi connectivity index (χ2n) is 3.11. The van der Waals surface area contributed by atoms with Gasteiger partial charge in [-0.15, -0.1) is 11.6 Å². The fourth-order valence-corrected chi connectivity index (χ4v) is 1.56. The number of aromatic nitrogens is 2. The topological polar surface area (TPSA) is 35.0 Å². The average Bonchev–Trinajstić information content (AvgIpc) is 2.18. The minimum atomic E-state index is 0.118. The van der Waals surface area contributed by atoms with E-state index in [1.165, 1.54) is 0 Å². The van der Waals surface area contributed by atoms with Crippen molar-refractivity contribution in [2.75, 3.05) is 7.11 Å². The summed E-state index contributed by atoms with van der Waals surface area (Å²) in [6, 6.07) is 1.73. The second kappa shape index (κ2) is 5.81. The van der Waals surface area contributed by atoms with Crippen molar-refractivity contribution < 1.29 is 4.74 Å². The van der Waals surface area contributed by atoms with Gasteiger partial charge in [0.1, 0.15) is 5.82 Å². The van der Waals surface area contributed by atoms with E-state index in [1.54, 1.807) is 19.4 Å². The van der Waals surface area contributed by atoms with Crippen molar-refractivity contribution in [3.8, 4) is 5.88 Å². The molecule has 0 amide bonds. The van der Waals surface area contributed by atoms with E-state index in [0.29, 0.717) is 12.3 Å². The highest BCUT2D eigenvalue weighted by atomic mass is 35.5. The smallest absolute Gasteiger partial charge is 0.216 e. The quantitative estimate of drug-likeness (QED) is 0.707. The highest BCUT2D eigenvalue weighted by Crippen LogP contribution is 2.12. The summed E-state index contributed by atoms with van der Waals surface area (Å²) in [7, 11) is 1.59. The van der Waals surface area contributed by atoms with Crippen LogP contribution in [0.25, 0.3) is 0 Å². The van der Waals surface area contributed by atoms with Crippen LogP contribution in [-0.2, 0) is 6.42 Å². The van der Waals surface area contributed by atoms with Gasteiger partial charge in [-0.2, -0.15) is 4.98 Å². The molecule has 0 bridgehead atoms. The molecule has 4 heteroatoms. The monoisotopic (exact) mass is 214 g/mol. The highest BCUT2D eigenvalue weighted by Gasteiger charge is 2.07. The van der Waals surface area contributed by atoms with Gasteiger partial charge in [-0.3, -0.25) is 0 Å². The second-order valence-corrected chi connectivity index (χ2v) is 3.72. The number of hydrogen-bond donors (Lipinski definition) is 0. The normalized spacial score (nSPS) is 12.5. The zero-order chi connectivity index (χ0) is 10.4. The summed E-state index contributed by atoms with van der Waals surface area (Å²) in [6.07, 6.45) is 4.46. The zero-order valence-electron chi connectivity index (χ0n) is 8.53. The minimum Gasteiger partial charge on any atom is -0.481 e. The first-order valence-corrected chi connectivity index (χ1v) is 5.20. The van der Waals surface area contributed by atoms with E-state index in [2.05, 4.69) is 16.9 Å². The van der Waals surface area contributed by atoms with Crippen LogP contribution in [0.1, 0.15) is 25.6 Å². The number of rotatable bonds is 5. The Balaban J connectivity index is 2.57. The number of methoxy groups -OCH3 is 1. The van der Waals surface area contributed by atoms with E-state index in [9.17, 15) is 0 Å². The van der Waals surface area contributed by atoms with Crippen LogP contribution < -0.4 is 4.74 Å². The molecule has 0 saturated carbocycles. The van der Waals surface area contributed by atoms with Crippen molar-refractivity contribution in [2.45, 2.75) is 31.6 Å². The van der Waals surface area contributed by atoms with Gasteiger partial charge in [0.05, 0.1) is 7.11 Å². The molecular formula is C10H15ClN2O. The zero-order valence-corrected chi connectivity index (χ0v) is 9.29. The third kappa shape index (κ3) is 3.50. The third-order valence-electron chi connectivity index (χ3n) is 1.90. The lowest BCUT2D eigenvalue weighted by atomic mass is 10.2. The molecule has 14 heavy (non-hydrogen) atoms. The van der Waals surface area contributed by atoms with Crippen LogP contribution in [0.15, 0.2) is 12.3 Å². The Bertz CT molecular complexity index is 281. The molecule has 78 valence electrons. The Morgan fingerprint density at radius 2 is 2.36 bits per heavy atom. The first-order valence-electron chi connectivity index (χ1n) is 4.76. The van der Waals surface area contributed by atoms with Crippen LogP contribution in [0, 0.1) is 0 Å². The molecule has 0 fully saturated rings. The molecule has 1 atom stereocenters. The summed E-state index contributed by atoms with van der Waals surface area (Å²) >= 11 is 6.09. The SMILES string of the molecule is CCCC(Cl)Cc1nccc(OC)n1. The Kier molecular flexibility index (Phi) is 4.66. The lowest BCUT2D eigenvalue weighted by Gasteiger charge is -2.06. The summed E-state index contributed by atoms with van der Waals surface area (Å²) in [4.78, 5) is 8.33. The third-order valence-corrected chi connectivity index (χ3v) is 2.27. The molecule has 1 aromatic rings. The van der Waals surface area contributed by atoms with Crippen molar-refractivity contribution in [1.82, 2.24) is 9.97 Å². The van der Waals surface area contributed by atoms with Crippen molar-refractivity contribution in [3.63, 3.8) is 0 Å². The molecule has 0 N–H and O–H groups in total. The van der Waals surface area contributed by atoms with Gasteiger partial charge in [-0.05, 0) is 6.42 Å². The number of hydrogen-bond acceptors (Lipinski definition) is 3. The molecule has 0 spiro atoms. The molecule has 0 saturated heterocycles. The number of halogens is 1. The largest absolute Gasteiger partial charge is 0.481 e. The van der Waals surface area contributed by atoms with E-state index in [-0.39, 0.29) is 5.38 Å². The van der Waals surface area contributed by atoms with Crippen LogP contribution in [-0.4, -0.2) is 22.5 Å². The summed E-state index contributed by atoms with van der Waals surface area (Å²) in [5.74, 6) is 1.34. The standard InChI is InChI=1S/C10H15ClN2O/c1-3-4-8(11)7-9-12-6-5-10(13-9)14-2/h5-6,8H,3-4,7H2,1-2H3. The van der Waals surface area contributed by atoms with Gasteiger partial charge in [-0.25, -0.2) is 4.98 Å². The van der Waals surface area contributed by atoms with Crippen molar-refractivity contribution >= 4 is 11.6 Å². The Hall–Kier alpha value is -0.830. The molecule has 0 aromatic carbocycles. The van der Waals surface area contributed by atoms with Crippen LogP contribution in [0.5, 0.6) is 5.88 Å². The van der Waals surface area contributed by atoms with Crippen molar-refractivity contribution in [2.24, 2.45) is 0 Å². The lowest BCUT2D eigenvalue weighted by Crippen LogP contribution is -2.06. The predicted octanol–water partition coefficient (Wildman–Crippen LogP) is 2.44. The molecule has 1 unspecified atom stereocenters. The Morgan fingerprint density at radius 1 is 1.57 bits per heavy atom. The van der Waals surface area contributed by atoms with Crippen LogP contribution >= 0.6 is 11.6 Å². The minimum absolute atomic E-state index is 0.118. The van der Waals surface area contributed by atoms with Crippen LogP contribution in [0.2, 0.25) is 0 Å². The predicted molar refractivity (Wildman–Crippen MR) is 56.8 cm³/mol. The number of alkyl halides is 1. The first-order chi connectivity index (χ1) is 6.76. The Morgan fingerprint density at radius 3 is 3.00 bits per heavy atom. The van der Waals surface area contributed by atoms with E-state index in [0.717, 1.165) is 18.7 Å². The van der Waals surface area contributed by atoms with Crippen LogP contribution in [0.4, 0.5) is 0 Å². The molecule has 0 aliphatic carbocycles. The van der Waals surface area contributed by atoms with Gasteiger partial charge in [0.25, 0.3) is 0 Å². The molecule has 0 aliphatic heterocycles. The van der Waals surface area contributed by atoms with Crippen LogP contribution in [0.3, 0.4) is 0 Å². The van der Waals surface area contributed by atoms with E-state index in [1.807, 2.05) is 0 Å². The van der Waals surface area contributed by atoms with Crippen molar-refractivity contribution in [3.05, 3.63) is 18.1 Å². The molecule has 1 heterocycles. The molecular weight excluding hydrogens is 200 g/mol. The number of nitrogens with zero attached hydrogens (tertiary/aromatic N) is 2. The maximum atomic E-state index is 6.09. The molecule has 1 aromatic heterocycles. The summed E-state index contributed by atoms with van der Waals surface area (Å²) in [5, 5.41) is 0.118. The van der Waals surface area contributed by atoms with E-state index >= 15 is 0 Å². The maximum Gasteiger partial charge on any atom is 0.216 e. The number of ether oxygens (including phenoxy) is 1. The molecule has 1 rings (SSSR count). The average molecular weight is 215 g/mol. The highest BCUT2D eigenvalue weighted by molar-refractivity contribution is 6.20. The fourth-order valence-electron chi connectivity index (χ4n) is 1.21. The van der Waals surface area contributed by atoms with Gasteiger partial charge in [0.2, 0.25) is 5.88 Å². The van der Waals surface area contributed by atoms with Gasteiger partial charge in [0.15, 0.2) is 0 Å². The molecule has 3 nitrogen and oxygen atoms in total. The van der Waals surface area contributed by atoms with Gasteiger partial charge < -0.3 is 4.74 Å². The maximum absolute atomic E-state index is 6.09. The summed E-state index contributed by atoms with van der Waals surface area (Å²) < 4.78 is 5.00. The molecule has 0 aliphatic rings. The van der Waals surface area contributed by atoms with Gasteiger partial charge >= 0.3 is 0 Å². The fraction of sp³-hybridized carbons (Fsp3) is 0.600. The Labute approximate surface area is 89.5 Å².